The van der Waals surface area contributed by atoms with Crippen LogP contribution in [0, 0.1) is 0 Å². The number of carbonyl (C=O) groups is 10. The average molecular weight is 1030 g/mol. The number of aliphatic carboxylic acids is 2. The van der Waals surface area contributed by atoms with Gasteiger partial charge in [-0.1, -0.05) is 91.0 Å². The van der Waals surface area contributed by atoms with E-state index in [-0.39, 0.29) is 51.0 Å². The van der Waals surface area contributed by atoms with Crippen LogP contribution in [0.4, 0.5) is 0 Å². The Morgan fingerprint density at radius 2 is 0.932 bits per heavy atom. The van der Waals surface area contributed by atoms with Gasteiger partial charge in [-0.25, -0.2) is 4.79 Å². The van der Waals surface area contributed by atoms with Crippen LogP contribution in [0.5, 0.6) is 0 Å². The van der Waals surface area contributed by atoms with Gasteiger partial charge in [-0.2, -0.15) is 0 Å². The summed E-state index contributed by atoms with van der Waals surface area (Å²) in [6.45, 7) is 1.01. The normalized spacial score (nSPS) is 14.0. The van der Waals surface area contributed by atoms with Crippen LogP contribution in [0.15, 0.2) is 96.0 Å². The Labute approximate surface area is 426 Å². The molecule has 3 rings (SSSR count). The molecule has 0 aromatic heterocycles. The van der Waals surface area contributed by atoms with E-state index in [0.717, 1.165) is 0 Å². The minimum absolute atomic E-state index is 0.0286. The molecule has 3 aromatic carbocycles. The Kier molecular flexibility index (Phi) is 25.2. The van der Waals surface area contributed by atoms with Gasteiger partial charge in [-0.15, -0.1) is 0 Å². The third-order valence-electron chi connectivity index (χ3n) is 11.0. The van der Waals surface area contributed by atoms with Gasteiger partial charge in [0.15, 0.2) is 5.96 Å². The number of carboxylic acids is 2. The molecule has 25 heteroatoms. The molecule has 0 unspecified atom stereocenters. The minimum atomic E-state index is -1.64. The van der Waals surface area contributed by atoms with Crippen LogP contribution in [0.2, 0.25) is 0 Å². The fourth-order valence-electron chi connectivity index (χ4n) is 7.00. The van der Waals surface area contributed by atoms with E-state index in [1.165, 1.54) is 13.8 Å². The Morgan fingerprint density at radius 3 is 1.42 bits per heavy atom. The number of guanidine groups is 1. The SMILES string of the molecule is C[C@H](N)C(=O)N[C@@H](CCC(=O)O)C(=O)N[C@@H](Cc1ccccc1)C(=O)NCC(=O)N[C@@H](CCCN=C(N)N)C(=O)N[C@@H](C)C(=O)N[C@@H](Cc1ccccc1)C(=O)N[C@@H](CO)C(=O)N[C@@H](Cc1ccccc1)C(=O)O. The van der Waals surface area contributed by atoms with Gasteiger partial charge in [0.05, 0.1) is 19.2 Å². The van der Waals surface area contributed by atoms with E-state index in [0.29, 0.717) is 16.7 Å². The van der Waals surface area contributed by atoms with E-state index in [1.807, 2.05) is 0 Å². The number of aliphatic hydroxyl groups is 1. The van der Waals surface area contributed by atoms with Crippen molar-refractivity contribution in [3.63, 3.8) is 0 Å². The zero-order chi connectivity index (χ0) is 54.7. The molecule has 0 bridgehead atoms. The molecule has 0 aliphatic heterocycles. The number of hydrogen-bond donors (Lipinski definition) is 14. The zero-order valence-electron chi connectivity index (χ0n) is 41.0. The number of benzene rings is 3. The third kappa shape index (κ3) is 21.9. The van der Waals surface area contributed by atoms with Crippen LogP contribution in [0.3, 0.4) is 0 Å². The molecule has 0 aliphatic carbocycles. The fraction of sp³-hybridized carbons (Fsp3) is 0.408. The summed E-state index contributed by atoms with van der Waals surface area (Å²) in [5.41, 5.74) is 18.3. The molecule has 17 N–H and O–H groups in total. The predicted molar refractivity (Wildman–Crippen MR) is 268 cm³/mol. The fourth-order valence-corrected chi connectivity index (χ4v) is 7.00. The lowest BCUT2D eigenvalue weighted by Crippen LogP contribution is -2.59. The molecule has 0 spiro atoms. The predicted octanol–water partition coefficient (Wildman–Crippen LogP) is -3.41. The minimum Gasteiger partial charge on any atom is -0.481 e. The number of nitrogens with two attached hydrogens (primary N) is 3. The van der Waals surface area contributed by atoms with E-state index in [9.17, 15) is 63.3 Å². The van der Waals surface area contributed by atoms with Gasteiger partial charge in [0.1, 0.15) is 42.3 Å². The first-order valence-electron chi connectivity index (χ1n) is 23.5. The first-order valence-corrected chi connectivity index (χ1v) is 23.5. The van der Waals surface area contributed by atoms with Gasteiger partial charge in [0.2, 0.25) is 47.3 Å². The summed E-state index contributed by atoms with van der Waals surface area (Å²) in [6.07, 6.45) is -1.13. The molecule has 0 aliphatic rings. The lowest BCUT2D eigenvalue weighted by molar-refractivity contribution is -0.142. The molecule has 0 fully saturated rings. The van der Waals surface area contributed by atoms with Crippen LogP contribution in [0.1, 0.15) is 56.2 Å². The molecule has 0 saturated heterocycles. The number of nitrogens with one attached hydrogen (secondary N) is 8. The highest BCUT2D eigenvalue weighted by Crippen LogP contribution is 2.09. The number of rotatable bonds is 31. The van der Waals surface area contributed by atoms with Crippen LogP contribution in [-0.4, -0.2) is 149 Å². The molecule has 25 nitrogen and oxygen atoms in total. The quantitative estimate of drug-likeness (QED) is 0.0170. The lowest BCUT2D eigenvalue weighted by Gasteiger charge is -2.25. The van der Waals surface area contributed by atoms with Crippen molar-refractivity contribution >= 4 is 65.2 Å². The van der Waals surface area contributed by atoms with Gasteiger partial charge in [0, 0.05) is 32.2 Å². The number of amides is 8. The number of hydrogen-bond acceptors (Lipinski definition) is 13. The maximum atomic E-state index is 13.8. The Bertz CT molecular complexity index is 2410. The molecule has 400 valence electrons. The van der Waals surface area contributed by atoms with E-state index in [1.54, 1.807) is 91.0 Å². The van der Waals surface area contributed by atoms with E-state index in [4.69, 9.17) is 17.2 Å². The van der Waals surface area contributed by atoms with Crippen molar-refractivity contribution in [2.75, 3.05) is 19.7 Å². The highest BCUT2D eigenvalue weighted by molar-refractivity contribution is 5.97. The second kappa shape index (κ2) is 31.1. The maximum absolute atomic E-state index is 13.8. The summed E-state index contributed by atoms with van der Waals surface area (Å²) < 4.78 is 0. The van der Waals surface area contributed by atoms with Crippen molar-refractivity contribution in [3.8, 4) is 0 Å². The standard InChI is InChI=1S/C49H66N12O13/c1-28(50)41(66)57-34(20-21-40(64)65)45(70)59-35(23-30-13-6-3-7-14-30)43(68)54-26-39(63)56-33(19-12-22-53-49(51)52)44(69)55-29(2)42(67)58-36(24-31-15-8-4-9-16-31)46(71)61-38(27-62)47(72)60-37(48(73)74)25-32-17-10-5-11-18-32/h3-11,13-18,28-29,33-38,62H,12,19-27,50H2,1-2H3,(H,54,68)(H,55,69)(H,56,63)(H,57,66)(H,58,67)(H,59,70)(H,60,72)(H,61,71)(H,64,65)(H,73,74)(H4,51,52,53)/t28-,29-,33-,34-,35-,36-,37-,38-/m0/s1. The molecule has 8 atom stereocenters. The first kappa shape index (κ1) is 59.9. The van der Waals surface area contributed by atoms with Crippen molar-refractivity contribution in [2.24, 2.45) is 22.2 Å². The summed E-state index contributed by atoms with van der Waals surface area (Å²) in [7, 11) is 0. The second-order valence-electron chi connectivity index (χ2n) is 17.1. The van der Waals surface area contributed by atoms with Gasteiger partial charge in [-0.05, 0) is 49.8 Å². The summed E-state index contributed by atoms with van der Waals surface area (Å²) in [5.74, 6) is -9.95. The first-order chi connectivity index (χ1) is 35.2. The van der Waals surface area contributed by atoms with Gasteiger partial charge in [0.25, 0.3) is 0 Å². The van der Waals surface area contributed by atoms with Crippen molar-refractivity contribution in [2.45, 2.75) is 107 Å². The summed E-state index contributed by atoms with van der Waals surface area (Å²) in [4.78, 5) is 135. The molecule has 8 amide bonds. The largest absolute Gasteiger partial charge is 0.481 e. The van der Waals surface area contributed by atoms with Gasteiger partial charge >= 0.3 is 11.9 Å². The highest BCUT2D eigenvalue weighted by Gasteiger charge is 2.33. The summed E-state index contributed by atoms with van der Waals surface area (Å²) in [5, 5.41) is 48.7. The highest BCUT2D eigenvalue weighted by atomic mass is 16.4. The third-order valence-corrected chi connectivity index (χ3v) is 11.0. The number of nitrogens with zero attached hydrogens (tertiary/aromatic N) is 1. The number of aliphatic hydroxyl groups excluding tert-OH is 1. The molecule has 3 aromatic rings. The number of aliphatic imine (C=N–C) groups is 1. The topological polar surface area (TPSA) is 418 Å². The smallest absolute Gasteiger partial charge is 0.326 e. The van der Waals surface area contributed by atoms with Crippen LogP contribution < -0.4 is 59.7 Å². The molecule has 0 radical (unpaired) electrons. The van der Waals surface area contributed by atoms with Crippen LogP contribution >= 0.6 is 0 Å². The van der Waals surface area contributed by atoms with E-state index < -0.39 is 127 Å². The van der Waals surface area contributed by atoms with Crippen molar-refractivity contribution in [1.29, 1.82) is 0 Å². The molecule has 0 heterocycles. The molecule has 74 heavy (non-hydrogen) atoms. The monoisotopic (exact) mass is 1030 g/mol. The van der Waals surface area contributed by atoms with E-state index >= 15 is 0 Å². The van der Waals surface area contributed by atoms with Crippen LogP contribution in [-0.2, 0) is 67.2 Å². The Balaban J connectivity index is 1.76. The molecular formula is C49H66N12O13. The second-order valence-corrected chi connectivity index (χ2v) is 17.1. The average Bonchev–Trinajstić information content (AvgIpc) is 3.36. The van der Waals surface area contributed by atoms with Gasteiger partial charge in [-0.3, -0.25) is 48.1 Å². The molecular weight excluding hydrogens is 965 g/mol. The van der Waals surface area contributed by atoms with Crippen molar-refractivity contribution < 1.29 is 63.3 Å². The summed E-state index contributed by atoms with van der Waals surface area (Å²) in [6, 6.07) is 14.3. The Morgan fingerprint density at radius 1 is 0.514 bits per heavy atom. The number of carboxylic acid groups (broad SMARTS) is 2. The number of carbonyl (C=O) groups excluding carboxylic acids is 8. The van der Waals surface area contributed by atoms with Crippen molar-refractivity contribution in [3.05, 3.63) is 108 Å². The Hall–Kier alpha value is -8.45. The summed E-state index contributed by atoms with van der Waals surface area (Å²) >= 11 is 0. The zero-order valence-corrected chi connectivity index (χ0v) is 41.0. The van der Waals surface area contributed by atoms with E-state index in [2.05, 4.69) is 47.5 Å². The van der Waals surface area contributed by atoms with Gasteiger partial charge < -0.3 is 75.1 Å². The van der Waals surface area contributed by atoms with Crippen LogP contribution in [0.25, 0.3) is 0 Å². The lowest BCUT2D eigenvalue weighted by atomic mass is 10.0. The molecule has 0 saturated carbocycles. The van der Waals surface area contributed by atoms with Crippen molar-refractivity contribution in [1.82, 2.24) is 42.5 Å². The maximum Gasteiger partial charge on any atom is 0.326 e.